The number of fused-ring (bicyclic) bond motifs is 1. The minimum atomic E-state index is -0.412. The lowest BCUT2D eigenvalue weighted by atomic mass is 10.2. The van der Waals surface area contributed by atoms with Crippen molar-refractivity contribution in [2.75, 3.05) is 0 Å². The van der Waals surface area contributed by atoms with Crippen LogP contribution in [0, 0.1) is 5.82 Å². The lowest BCUT2D eigenvalue weighted by Gasteiger charge is -2.05. The molecule has 1 aromatic heterocycles. The lowest BCUT2D eigenvalue weighted by Crippen LogP contribution is -2.08. The van der Waals surface area contributed by atoms with Crippen LogP contribution >= 0.6 is 11.8 Å². The van der Waals surface area contributed by atoms with Crippen LogP contribution in [-0.4, -0.2) is 10.2 Å². The molecule has 0 saturated carbocycles. The fourth-order valence-corrected chi connectivity index (χ4v) is 2.69. The molecular weight excluding hydrogens is 263 g/mol. The summed E-state index contributed by atoms with van der Waals surface area (Å²) in [6, 6.07) is 12.7. The number of nitrogens with zero attached hydrogens (tertiary/aromatic N) is 1. The minimum Gasteiger partial charge on any atom is -0.267 e. The number of rotatable bonds is 2. The maximum atomic E-state index is 14.3. The van der Waals surface area contributed by atoms with Crippen molar-refractivity contribution in [2.45, 2.75) is 9.79 Å². The number of hydrogen-bond donors (Lipinski definition) is 1. The Bertz CT molecular complexity index is 786. The van der Waals surface area contributed by atoms with E-state index in [0.717, 1.165) is 4.90 Å². The molecule has 0 unspecified atom stereocenters. The van der Waals surface area contributed by atoms with Gasteiger partial charge in [-0.2, -0.15) is 5.10 Å². The van der Waals surface area contributed by atoms with E-state index in [-0.39, 0.29) is 10.9 Å². The zero-order valence-corrected chi connectivity index (χ0v) is 10.6. The summed E-state index contributed by atoms with van der Waals surface area (Å²) in [6.45, 7) is 0. The van der Waals surface area contributed by atoms with Gasteiger partial charge < -0.3 is 0 Å². The van der Waals surface area contributed by atoms with Crippen LogP contribution in [0.2, 0.25) is 0 Å². The van der Waals surface area contributed by atoms with E-state index in [4.69, 9.17) is 0 Å². The van der Waals surface area contributed by atoms with Crippen molar-refractivity contribution in [1.82, 2.24) is 10.2 Å². The van der Waals surface area contributed by atoms with E-state index in [1.165, 1.54) is 18.0 Å². The van der Waals surface area contributed by atoms with E-state index in [1.807, 2.05) is 30.3 Å². The van der Waals surface area contributed by atoms with Crippen molar-refractivity contribution >= 4 is 22.5 Å². The highest BCUT2D eigenvalue weighted by Gasteiger charge is 2.10. The van der Waals surface area contributed by atoms with Gasteiger partial charge >= 0.3 is 0 Å². The molecule has 19 heavy (non-hydrogen) atoms. The molecule has 0 amide bonds. The van der Waals surface area contributed by atoms with Gasteiger partial charge in [-0.05, 0) is 24.3 Å². The second-order valence-corrected chi connectivity index (χ2v) is 5.07. The molecule has 5 heteroatoms. The van der Waals surface area contributed by atoms with Crippen molar-refractivity contribution < 1.29 is 4.39 Å². The first-order chi connectivity index (χ1) is 9.25. The Morgan fingerprint density at radius 2 is 1.84 bits per heavy atom. The number of aromatic nitrogens is 2. The molecule has 0 radical (unpaired) electrons. The van der Waals surface area contributed by atoms with E-state index in [1.54, 1.807) is 12.1 Å². The average molecular weight is 272 g/mol. The predicted molar refractivity (Wildman–Crippen MR) is 72.9 cm³/mol. The highest BCUT2D eigenvalue weighted by molar-refractivity contribution is 7.99. The molecule has 0 bridgehead atoms. The third kappa shape index (κ3) is 2.24. The van der Waals surface area contributed by atoms with Crippen molar-refractivity contribution in [3.63, 3.8) is 0 Å². The monoisotopic (exact) mass is 272 g/mol. The number of nitrogens with one attached hydrogen (secondary N) is 1. The summed E-state index contributed by atoms with van der Waals surface area (Å²) in [5.41, 5.74) is -0.382. The normalized spacial score (nSPS) is 10.8. The summed E-state index contributed by atoms with van der Waals surface area (Å²) >= 11 is 1.32. The van der Waals surface area contributed by atoms with Crippen molar-refractivity contribution in [3.8, 4) is 0 Å². The predicted octanol–water partition coefficient (Wildman–Crippen LogP) is 3.21. The van der Waals surface area contributed by atoms with Crippen molar-refractivity contribution in [3.05, 3.63) is 64.8 Å². The smallest absolute Gasteiger partial charge is 0.267 e. The first-order valence-corrected chi connectivity index (χ1v) is 6.46. The molecular formula is C14H9FN2OS. The number of halogens is 1. The van der Waals surface area contributed by atoms with Crippen LogP contribution in [0.15, 0.2) is 63.2 Å². The molecule has 1 heterocycles. The summed E-state index contributed by atoms with van der Waals surface area (Å²) < 4.78 is 14.3. The quantitative estimate of drug-likeness (QED) is 0.779. The van der Waals surface area contributed by atoms with Crippen LogP contribution in [-0.2, 0) is 0 Å². The molecule has 0 fully saturated rings. The molecule has 0 aliphatic rings. The molecule has 2 aromatic carbocycles. The van der Waals surface area contributed by atoms with Gasteiger partial charge in [0, 0.05) is 15.2 Å². The van der Waals surface area contributed by atoms with Crippen LogP contribution in [0.3, 0.4) is 0 Å². The highest BCUT2D eigenvalue weighted by Crippen LogP contribution is 2.32. The molecule has 94 valence electrons. The van der Waals surface area contributed by atoms with Crippen molar-refractivity contribution in [1.29, 1.82) is 0 Å². The Morgan fingerprint density at radius 3 is 2.63 bits per heavy atom. The minimum absolute atomic E-state index is 0.240. The van der Waals surface area contributed by atoms with Crippen LogP contribution in [0.5, 0.6) is 0 Å². The van der Waals surface area contributed by atoms with Gasteiger partial charge in [-0.15, -0.1) is 0 Å². The van der Waals surface area contributed by atoms with Crippen LogP contribution in [0.4, 0.5) is 4.39 Å². The largest absolute Gasteiger partial charge is 0.272 e. The standard InChI is InChI=1S/C14H9FN2OS/c15-13-11-8-16-17-14(18)10(11)6-7-12(13)19-9-4-2-1-3-5-9/h1-8H,(H,17,18). The molecule has 0 saturated heterocycles. The van der Waals surface area contributed by atoms with Crippen LogP contribution < -0.4 is 5.56 Å². The van der Waals surface area contributed by atoms with Crippen molar-refractivity contribution in [2.24, 2.45) is 0 Å². The summed E-state index contributed by atoms with van der Waals surface area (Å²) in [5.74, 6) is -0.412. The van der Waals surface area contributed by atoms with Gasteiger partial charge in [-0.25, -0.2) is 9.49 Å². The van der Waals surface area contributed by atoms with Crippen LogP contribution in [0.1, 0.15) is 0 Å². The first-order valence-electron chi connectivity index (χ1n) is 5.64. The topological polar surface area (TPSA) is 45.8 Å². The lowest BCUT2D eigenvalue weighted by molar-refractivity contribution is 0.613. The van der Waals surface area contributed by atoms with Gasteiger partial charge in [0.05, 0.1) is 11.6 Å². The van der Waals surface area contributed by atoms with E-state index in [9.17, 15) is 9.18 Å². The summed E-state index contributed by atoms with van der Waals surface area (Å²) in [7, 11) is 0. The number of aromatic amines is 1. The Kier molecular flexibility index (Phi) is 3.05. The van der Waals surface area contributed by atoms with E-state index >= 15 is 0 Å². The summed E-state index contributed by atoms with van der Waals surface area (Å²) in [6.07, 6.45) is 1.33. The van der Waals surface area contributed by atoms with Gasteiger partial charge in [0.15, 0.2) is 0 Å². The molecule has 3 nitrogen and oxygen atoms in total. The first kappa shape index (κ1) is 11.9. The maximum absolute atomic E-state index is 14.3. The second-order valence-electron chi connectivity index (χ2n) is 3.95. The summed E-state index contributed by atoms with van der Waals surface area (Å²) in [4.78, 5) is 12.9. The zero-order chi connectivity index (χ0) is 13.2. The van der Waals surface area contributed by atoms with E-state index in [0.29, 0.717) is 10.3 Å². The van der Waals surface area contributed by atoms with E-state index < -0.39 is 5.82 Å². The molecule has 0 atom stereocenters. The SMILES string of the molecule is O=c1[nH]ncc2c(F)c(Sc3ccccc3)ccc12. The molecule has 0 spiro atoms. The molecule has 0 aliphatic heterocycles. The maximum Gasteiger partial charge on any atom is 0.272 e. The Hall–Kier alpha value is -2.14. The fraction of sp³-hybridized carbons (Fsp3) is 0. The third-order valence-electron chi connectivity index (χ3n) is 2.72. The number of benzene rings is 2. The second kappa shape index (κ2) is 4.85. The van der Waals surface area contributed by atoms with Gasteiger partial charge in [-0.3, -0.25) is 4.79 Å². The molecule has 3 rings (SSSR count). The Morgan fingerprint density at radius 1 is 1.05 bits per heavy atom. The molecule has 3 aromatic rings. The average Bonchev–Trinajstić information content (AvgIpc) is 2.44. The Balaban J connectivity index is 2.11. The van der Waals surface area contributed by atoms with E-state index in [2.05, 4.69) is 10.2 Å². The third-order valence-corrected chi connectivity index (χ3v) is 3.76. The molecule has 1 N–H and O–H groups in total. The van der Waals surface area contributed by atoms with Gasteiger partial charge in [0.1, 0.15) is 5.82 Å². The van der Waals surface area contributed by atoms with Gasteiger partial charge in [-0.1, -0.05) is 30.0 Å². The van der Waals surface area contributed by atoms with Gasteiger partial charge in [0.25, 0.3) is 5.56 Å². The Labute approximate surface area is 112 Å². The van der Waals surface area contributed by atoms with Crippen LogP contribution in [0.25, 0.3) is 10.8 Å². The number of hydrogen-bond acceptors (Lipinski definition) is 3. The zero-order valence-electron chi connectivity index (χ0n) is 9.76. The van der Waals surface area contributed by atoms with Gasteiger partial charge in [0.2, 0.25) is 0 Å². The highest BCUT2D eigenvalue weighted by atomic mass is 32.2. The number of H-pyrrole nitrogens is 1. The summed E-state index contributed by atoms with van der Waals surface area (Å²) in [5, 5.41) is 6.48. The fourth-order valence-electron chi connectivity index (χ4n) is 1.81. The molecule has 0 aliphatic carbocycles.